The Morgan fingerprint density at radius 2 is 2.14 bits per heavy atom. The topological polar surface area (TPSA) is 59.1 Å². The van der Waals surface area contributed by atoms with Crippen molar-refractivity contribution in [2.75, 3.05) is 24.3 Å². The highest BCUT2D eigenvalue weighted by Gasteiger charge is 2.07. The van der Waals surface area contributed by atoms with Crippen molar-refractivity contribution < 1.29 is 4.74 Å². The fraction of sp³-hybridized carbons (Fsp3) is 0.200. The molecule has 0 saturated carbocycles. The number of rotatable bonds is 6. The Hall–Kier alpha value is -2.27. The van der Waals surface area contributed by atoms with Crippen LogP contribution in [-0.4, -0.2) is 23.6 Å². The zero-order valence-corrected chi connectivity index (χ0v) is 12.7. The number of anilines is 3. The Morgan fingerprint density at radius 1 is 1.33 bits per heavy atom. The number of nitrogens with one attached hydrogen (secondary N) is 2. The van der Waals surface area contributed by atoms with Crippen molar-refractivity contribution >= 4 is 29.1 Å². The highest BCUT2D eigenvalue weighted by Crippen LogP contribution is 2.30. The minimum Gasteiger partial charge on any atom is -0.495 e. The molecule has 0 aliphatic heterocycles. The lowest BCUT2D eigenvalue weighted by molar-refractivity contribution is 0.417. The van der Waals surface area contributed by atoms with E-state index >= 15 is 0 Å². The number of hydrogen-bond donors (Lipinski definition) is 2. The van der Waals surface area contributed by atoms with Crippen LogP contribution in [0.25, 0.3) is 0 Å². The van der Waals surface area contributed by atoms with E-state index in [-0.39, 0.29) is 0 Å². The van der Waals surface area contributed by atoms with Crippen molar-refractivity contribution in [3.8, 4) is 5.75 Å². The van der Waals surface area contributed by atoms with Gasteiger partial charge in [0, 0.05) is 23.3 Å². The molecule has 2 N–H and O–H groups in total. The molecule has 0 saturated heterocycles. The summed E-state index contributed by atoms with van der Waals surface area (Å²) in [6, 6.07) is 7.21. The molecule has 2 aromatic rings. The first-order valence-corrected chi connectivity index (χ1v) is 6.81. The lowest BCUT2D eigenvalue weighted by Crippen LogP contribution is -2.06. The number of benzene rings is 1. The van der Waals surface area contributed by atoms with Crippen LogP contribution in [0.1, 0.15) is 5.69 Å². The molecular formula is C15H17ClN4O. The third-order valence-corrected chi connectivity index (χ3v) is 2.92. The van der Waals surface area contributed by atoms with Crippen LogP contribution in [0.4, 0.5) is 17.5 Å². The number of hydrogen-bond acceptors (Lipinski definition) is 5. The van der Waals surface area contributed by atoms with Crippen LogP contribution in [0.15, 0.2) is 36.9 Å². The van der Waals surface area contributed by atoms with Crippen molar-refractivity contribution in [1.82, 2.24) is 9.97 Å². The molecule has 1 aromatic carbocycles. The fourth-order valence-electron chi connectivity index (χ4n) is 1.79. The maximum absolute atomic E-state index is 6.02. The van der Waals surface area contributed by atoms with Crippen LogP contribution < -0.4 is 15.4 Å². The Bertz CT molecular complexity index is 646. The number of ether oxygens (including phenoxy) is 1. The molecule has 1 aromatic heterocycles. The van der Waals surface area contributed by atoms with Gasteiger partial charge >= 0.3 is 0 Å². The van der Waals surface area contributed by atoms with Crippen molar-refractivity contribution in [2.45, 2.75) is 6.92 Å². The van der Waals surface area contributed by atoms with E-state index in [1.807, 2.05) is 13.0 Å². The van der Waals surface area contributed by atoms with Crippen LogP contribution in [0, 0.1) is 6.92 Å². The normalized spacial score (nSPS) is 10.0. The molecule has 21 heavy (non-hydrogen) atoms. The Labute approximate surface area is 129 Å². The largest absolute Gasteiger partial charge is 0.495 e. The highest BCUT2D eigenvalue weighted by atomic mass is 35.5. The van der Waals surface area contributed by atoms with Crippen molar-refractivity contribution in [3.05, 3.63) is 47.6 Å². The molecule has 0 bridgehead atoms. The van der Waals surface area contributed by atoms with E-state index in [1.54, 1.807) is 31.4 Å². The third-order valence-electron chi connectivity index (χ3n) is 2.68. The van der Waals surface area contributed by atoms with Gasteiger partial charge in [-0.1, -0.05) is 17.7 Å². The van der Waals surface area contributed by atoms with Gasteiger partial charge in [-0.3, -0.25) is 0 Å². The van der Waals surface area contributed by atoms with Gasteiger partial charge in [0.2, 0.25) is 5.95 Å². The number of methoxy groups -OCH3 is 1. The molecule has 0 fully saturated rings. The van der Waals surface area contributed by atoms with Gasteiger partial charge in [-0.15, -0.1) is 6.58 Å². The molecule has 0 aliphatic rings. The summed E-state index contributed by atoms with van der Waals surface area (Å²) < 4.78 is 5.30. The predicted molar refractivity (Wildman–Crippen MR) is 86.7 cm³/mol. The minimum absolute atomic E-state index is 0.540. The van der Waals surface area contributed by atoms with Crippen LogP contribution in [0.5, 0.6) is 5.75 Å². The van der Waals surface area contributed by atoms with Gasteiger partial charge in [-0.2, -0.15) is 4.98 Å². The molecule has 0 atom stereocenters. The van der Waals surface area contributed by atoms with E-state index in [0.717, 1.165) is 11.4 Å². The second kappa shape index (κ2) is 6.95. The monoisotopic (exact) mass is 304 g/mol. The molecule has 0 amide bonds. The van der Waals surface area contributed by atoms with E-state index < -0.39 is 0 Å². The van der Waals surface area contributed by atoms with Crippen molar-refractivity contribution in [2.24, 2.45) is 0 Å². The van der Waals surface area contributed by atoms with Gasteiger partial charge in [0.25, 0.3) is 0 Å². The molecular weight excluding hydrogens is 288 g/mol. The van der Waals surface area contributed by atoms with Gasteiger partial charge < -0.3 is 15.4 Å². The molecule has 110 valence electrons. The first kappa shape index (κ1) is 15.1. The van der Waals surface area contributed by atoms with Crippen LogP contribution in [0.3, 0.4) is 0 Å². The molecule has 2 rings (SSSR count). The standard InChI is InChI=1S/C15H17ClN4O/c1-4-7-17-15-18-10(2)8-14(20-15)19-12-9-11(16)5-6-13(12)21-3/h4-6,8-9H,1,7H2,2-3H3,(H2,17,18,19,20). The Balaban J connectivity index is 2.28. The molecule has 0 radical (unpaired) electrons. The molecule has 0 unspecified atom stereocenters. The maximum Gasteiger partial charge on any atom is 0.225 e. The molecule has 6 heteroatoms. The average Bonchev–Trinajstić information content (AvgIpc) is 2.45. The van der Waals surface area contributed by atoms with Gasteiger partial charge in [0.05, 0.1) is 12.8 Å². The van der Waals surface area contributed by atoms with E-state index in [2.05, 4.69) is 27.2 Å². The zero-order valence-electron chi connectivity index (χ0n) is 12.0. The van der Waals surface area contributed by atoms with Gasteiger partial charge in [-0.25, -0.2) is 4.98 Å². The van der Waals surface area contributed by atoms with E-state index in [0.29, 0.717) is 29.1 Å². The summed E-state index contributed by atoms with van der Waals surface area (Å²) in [4.78, 5) is 8.70. The third kappa shape index (κ3) is 4.10. The van der Waals surface area contributed by atoms with Crippen molar-refractivity contribution in [3.63, 3.8) is 0 Å². The number of aryl methyl sites for hydroxylation is 1. The SMILES string of the molecule is C=CCNc1nc(C)cc(Nc2cc(Cl)ccc2OC)n1. The second-order valence-electron chi connectivity index (χ2n) is 4.36. The first-order chi connectivity index (χ1) is 10.1. The molecule has 0 aliphatic carbocycles. The van der Waals surface area contributed by atoms with Crippen LogP contribution in [-0.2, 0) is 0 Å². The summed E-state index contributed by atoms with van der Waals surface area (Å²) in [5.74, 6) is 1.89. The van der Waals surface area contributed by atoms with E-state index in [4.69, 9.17) is 16.3 Å². The van der Waals surface area contributed by atoms with Gasteiger partial charge in [-0.05, 0) is 25.1 Å². The smallest absolute Gasteiger partial charge is 0.225 e. The molecule has 0 spiro atoms. The van der Waals surface area contributed by atoms with Crippen molar-refractivity contribution in [1.29, 1.82) is 0 Å². The Morgan fingerprint density at radius 3 is 2.86 bits per heavy atom. The fourth-order valence-corrected chi connectivity index (χ4v) is 1.96. The van der Waals surface area contributed by atoms with Crippen LogP contribution >= 0.6 is 11.6 Å². The number of nitrogens with zero attached hydrogens (tertiary/aromatic N) is 2. The number of aromatic nitrogens is 2. The molecule has 5 nitrogen and oxygen atoms in total. The van der Waals surface area contributed by atoms with Crippen LogP contribution in [0.2, 0.25) is 5.02 Å². The summed E-state index contributed by atoms with van der Waals surface area (Å²) in [6.07, 6.45) is 1.75. The van der Waals surface area contributed by atoms with E-state index in [9.17, 15) is 0 Å². The zero-order chi connectivity index (χ0) is 15.2. The summed E-state index contributed by atoms with van der Waals surface area (Å²) in [5, 5.41) is 6.88. The first-order valence-electron chi connectivity index (χ1n) is 6.43. The summed E-state index contributed by atoms with van der Waals surface area (Å²) in [5.41, 5.74) is 1.60. The van der Waals surface area contributed by atoms with Gasteiger partial charge in [0.1, 0.15) is 11.6 Å². The quantitative estimate of drug-likeness (QED) is 0.795. The van der Waals surface area contributed by atoms with E-state index in [1.165, 1.54) is 0 Å². The minimum atomic E-state index is 0.540. The lowest BCUT2D eigenvalue weighted by Gasteiger charge is -2.12. The second-order valence-corrected chi connectivity index (χ2v) is 4.79. The number of halogens is 1. The van der Waals surface area contributed by atoms with Gasteiger partial charge in [0.15, 0.2) is 0 Å². The Kier molecular flexibility index (Phi) is 5.00. The summed E-state index contributed by atoms with van der Waals surface area (Å²) in [6.45, 7) is 6.16. The maximum atomic E-state index is 6.02. The average molecular weight is 305 g/mol. The summed E-state index contributed by atoms with van der Waals surface area (Å²) >= 11 is 6.02. The highest BCUT2D eigenvalue weighted by molar-refractivity contribution is 6.31. The lowest BCUT2D eigenvalue weighted by atomic mass is 10.3. The summed E-state index contributed by atoms with van der Waals surface area (Å²) in [7, 11) is 1.61. The predicted octanol–water partition coefficient (Wildman–Crippen LogP) is 3.79. The molecule has 1 heterocycles.